The van der Waals surface area contributed by atoms with E-state index in [2.05, 4.69) is 10.6 Å². The van der Waals surface area contributed by atoms with Gasteiger partial charge in [0.25, 0.3) is 0 Å². The van der Waals surface area contributed by atoms with Gasteiger partial charge in [-0.1, -0.05) is 25.7 Å². The van der Waals surface area contributed by atoms with Gasteiger partial charge in [-0.15, -0.1) is 0 Å². The molecule has 0 aromatic carbocycles. The van der Waals surface area contributed by atoms with Crippen LogP contribution in [-0.4, -0.2) is 43.5 Å². The zero-order valence-electron chi connectivity index (χ0n) is 12.3. The highest BCUT2D eigenvalue weighted by Crippen LogP contribution is 2.44. The van der Waals surface area contributed by atoms with Crippen LogP contribution in [0.4, 0.5) is 4.79 Å². The lowest BCUT2D eigenvalue weighted by atomic mass is 10.1. The second kappa shape index (κ2) is 7.84. The summed E-state index contributed by atoms with van der Waals surface area (Å²) in [6, 6.07) is -0.158. The normalized spacial score (nSPS) is 22.1. The number of aliphatic hydroxyl groups excluding tert-OH is 1. The minimum atomic E-state index is -0.158. The van der Waals surface area contributed by atoms with Crippen molar-refractivity contribution in [3.05, 3.63) is 0 Å². The Kier molecular flexibility index (Phi) is 6.10. The fourth-order valence-electron chi connectivity index (χ4n) is 2.70. The Morgan fingerprint density at radius 2 is 1.85 bits per heavy atom. The summed E-state index contributed by atoms with van der Waals surface area (Å²) >= 11 is 0. The topological polar surface area (TPSA) is 70.6 Å². The molecule has 5 heteroatoms. The number of carbonyl (C=O) groups excluding carboxylic acids is 1. The molecule has 0 aromatic heterocycles. The second-order valence-corrected chi connectivity index (χ2v) is 6.25. The van der Waals surface area contributed by atoms with E-state index in [1.165, 1.54) is 25.7 Å². The molecule has 2 rings (SSSR count). The van der Waals surface area contributed by atoms with Gasteiger partial charge in [0.05, 0.1) is 19.3 Å². The fraction of sp³-hybridized carbons (Fsp3) is 0.933. The number of amides is 2. The van der Waals surface area contributed by atoms with Gasteiger partial charge in [-0.3, -0.25) is 0 Å². The van der Waals surface area contributed by atoms with E-state index in [9.17, 15) is 4.79 Å². The van der Waals surface area contributed by atoms with Crippen LogP contribution in [0.3, 0.4) is 0 Å². The van der Waals surface area contributed by atoms with E-state index in [0.717, 1.165) is 25.7 Å². The van der Waals surface area contributed by atoms with Crippen LogP contribution in [0.25, 0.3) is 0 Å². The summed E-state index contributed by atoms with van der Waals surface area (Å²) in [5.41, 5.74) is -0.0335. The van der Waals surface area contributed by atoms with Gasteiger partial charge >= 0.3 is 6.03 Å². The summed E-state index contributed by atoms with van der Waals surface area (Å²) in [5, 5.41) is 14.8. The van der Waals surface area contributed by atoms with Crippen LogP contribution in [0.15, 0.2) is 0 Å². The van der Waals surface area contributed by atoms with Crippen molar-refractivity contribution in [2.24, 2.45) is 5.41 Å². The summed E-state index contributed by atoms with van der Waals surface area (Å²) in [6.07, 6.45) is 9.90. The molecule has 116 valence electrons. The van der Waals surface area contributed by atoms with E-state index in [1.807, 2.05) is 0 Å². The largest absolute Gasteiger partial charge is 0.396 e. The van der Waals surface area contributed by atoms with Gasteiger partial charge < -0.3 is 20.5 Å². The first-order chi connectivity index (χ1) is 9.74. The third-order valence-electron chi connectivity index (χ3n) is 4.46. The molecule has 2 fully saturated rings. The van der Waals surface area contributed by atoms with E-state index >= 15 is 0 Å². The molecule has 5 nitrogen and oxygen atoms in total. The number of nitrogens with one attached hydrogen (secondary N) is 2. The van der Waals surface area contributed by atoms with Crippen molar-refractivity contribution in [1.29, 1.82) is 0 Å². The average Bonchev–Trinajstić information content (AvgIpc) is 3.26. The van der Waals surface area contributed by atoms with Gasteiger partial charge in [0.1, 0.15) is 0 Å². The Balaban J connectivity index is 1.48. The zero-order chi connectivity index (χ0) is 14.3. The van der Waals surface area contributed by atoms with Crippen molar-refractivity contribution in [2.45, 2.75) is 57.5 Å². The van der Waals surface area contributed by atoms with Crippen LogP contribution >= 0.6 is 0 Å². The minimum absolute atomic E-state index is 0.0335. The van der Waals surface area contributed by atoms with E-state index in [4.69, 9.17) is 9.84 Å². The lowest BCUT2D eigenvalue weighted by Crippen LogP contribution is -2.41. The summed E-state index contributed by atoms with van der Waals surface area (Å²) in [7, 11) is 0. The van der Waals surface area contributed by atoms with Gasteiger partial charge in [-0.2, -0.15) is 0 Å². The van der Waals surface area contributed by atoms with Crippen LogP contribution in [0.2, 0.25) is 0 Å². The van der Waals surface area contributed by atoms with Crippen LogP contribution in [-0.2, 0) is 4.74 Å². The first kappa shape index (κ1) is 15.6. The predicted octanol–water partition coefficient (Wildman–Crippen LogP) is 1.80. The van der Waals surface area contributed by atoms with Crippen molar-refractivity contribution >= 4 is 6.03 Å². The highest BCUT2D eigenvalue weighted by atomic mass is 16.5. The maximum atomic E-state index is 11.6. The third kappa shape index (κ3) is 5.29. The molecule has 2 aliphatic rings. The van der Waals surface area contributed by atoms with Gasteiger partial charge in [0.15, 0.2) is 0 Å². The number of hydrogen-bond donors (Lipinski definition) is 3. The van der Waals surface area contributed by atoms with Gasteiger partial charge in [0, 0.05) is 18.5 Å². The van der Waals surface area contributed by atoms with Crippen LogP contribution in [0.1, 0.15) is 51.4 Å². The Bertz CT molecular complexity index is 297. The molecule has 0 unspecified atom stereocenters. The Hall–Kier alpha value is -0.810. The molecule has 0 spiro atoms. The minimum Gasteiger partial charge on any atom is -0.396 e. The maximum absolute atomic E-state index is 11.6. The summed E-state index contributed by atoms with van der Waals surface area (Å²) in [4.78, 5) is 11.6. The number of urea groups is 1. The van der Waals surface area contributed by atoms with E-state index < -0.39 is 0 Å². The van der Waals surface area contributed by atoms with Crippen LogP contribution in [0.5, 0.6) is 0 Å². The number of carbonyl (C=O) groups is 1. The third-order valence-corrected chi connectivity index (χ3v) is 4.46. The summed E-state index contributed by atoms with van der Waals surface area (Å²) < 4.78 is 5.81. The lowest BCUT2D eigenvalue weighted by Gasteiger charge is -2.16. The molecular weight excluding hydrogens is 256 g/mol. The lowest BCUT2D eigenvalue weighted by molar-refractivity contribution is 0.0460. The highest BCUT2D eigenvalue weighted by Gasteiger charge is 2.42. The molecule has 20 heavy (non-hydrogen) atoms. The highest BCUT2D eigenvalue weighted by molar-refractivity contribution is 5.73. The van der Waals surface area contributed by atoms with Gasteiger partial charge in [-0.05, 0) is 25.7 Å². The van der Waals surface area contributed by atoms with Gasteiger partial charge in [0.2, 0.25) is 0 Å². The van der Waals surface area contributed by atoms with Gasteiger partial charge in [-0.25, -0.2) is 4.79 Å². The molecule has 2 saturated carbocycles. The molecule has 0 aromatic rings. The first-order valence-electron chi connectivity index (χ1n) is 7.98. The number of aliphatic hydroxyl groups is 1. The molecule has 0 bridgehead atoms. The fourth-order valence-corrected chi connectivity index (χ4v) is 2.70. The molecule has 2 amide bonds. The molecule has 0 heterocycles. The van der Waals surface area contributed by atoms with E-state index in [1.54, 1.807) is 0 Å². The molecule has 0 radical (unpaired) electrons. The number of rotatable bonds is 7. The van der Waals surface area contributed by atoms with Crippen molar-refractivity contribution in [3.8, 4) is 0 Å². The number of hydrogen-bond acceptors (Lipinski definition) is 3. The monoisotopic (exact) mass is 284 g/mol. The average molecular weight is 284 g/mol. The molecular formula is C15H28N2O3. The smallest absolute Gasteiger partial charge is 0.314 e. The van der Waals surface area contributed by atoms with Crippen molar-refractivity contribution < 1.29 is 14.6 Å². The Labute approximate surface area is 121 Å². The second-order valence-electron chi connectivity index (χ2n) is 6.25. The molecule has 0 saturated heterocycles. The standard InChI is InChI=1S/C15H28N2O3/c18-12-15(7-8-15)11-17-14(19)16-9-10-20-13-5-3-1-2-4-6-13/h13,18H,1-12H2,(H2,16,17,19). The van der Waals surface area contributed by atoms with E-state index in [-0.39, 0.29) is 18.1 Å². The molecule has 0 aliphatic heterocycles. The molecule has 2 aliphatic carbocycles. The molecule has 0 atom stereocenters. The summed E-state index contributed by atoms with van der Waals surface area (Å²) in [6.45, 7) is 1.87. The molecule has 3 N–H and O–H groups in total. The van der Waals surface area contributed by atoms with Crippen LogP contribution < -0.4 is 10.6 Å². The zero-order valence-corrected chi connectivity index (χ0v) is 12.3. The first-order valence-corrected chi connectivity index (χ1v) is 7.98. The van der Waals surface area contributed by atoms with Crippen molar-refractivity contribution in [2.75, 3.05) is 26.3 Å². The maximum Gasteiger partial charge on any atom is 0.314 e. The number of ether oxygens (including phenoxy) is 1. The van der Waals surface area contributed by atoms with E-state index in [0.29, 0.717) is 25.8 Å². The quantitative estimate of drug-likeness (QED) is 0.493. The van der Waals surface area contributed by atoms with Crippen molar-refractivity contribution in [3.63, 3.8) is 0 Å². The predicted molar refractivity (Wildman–Crippen MR) is 77.6 cm³/mol. The van der Waals surface area contributed by atoms with Crippen LogP contribution in [0, 0.1) is 5.41 Å². The van der Waals surface area contributed by atoms with Crippen molar-refractivity contribution in [1.82, 2.24) is 10.6 Å². The summed E-state index contributed by atoms with van der Waals surface area (Å²) in [5.74, 6) is 0. The SMILES string of the molecule is O=C(NCCOC1CCCCCC1)NCC1(CO)CC1. The Morgan fingerprint density at radius 3 is 2.45 bits per heavy atom. The Morgan fingerprint density at radius 1 is 1.15 bits per heavy atom.